The largest absolute Gasteiger partial charge is 0.462 e. The van der Waals surface area contributed by atoms with Crippen molar-refractivity contribution in [2.45, 2.75) is 33.2 Å². The Labute approximate surface area is 127 Å². The Balaban J connectivity index is 2.62. The molecule has 1 aromatic rings. The van der Waals surface area contributed by atoms with E-state index in [2.05, 4.69) is 31.1 Å². The molecule has 1 atom stereocenters. The number of nitrogens with two attached hydrogens (primary N) is 1. The first-order valence-electron chi connectivity index (χ1n) is 7.50. The molecule has 0 radical (unpaired) electrons. The predicted molar refractivity (Wildman–Crippen MR) is 87.7 cm³/mol. The van der Waals surface area contributed by atoms with Crippen LogP contribution in [0.5, 0.6) is 0 Å². The summed E-state index contributed by atoms with van der Waals surface area (Å²) in [6.07, 6.45) is 1.12. The highest BCUT2D eigenvalue weighted by Crippen LogP contribution is 2.20. The van der Waals surface area contributed by atoms with Crippen LogP contribution in [-0.2, 0) is 4.74 Å². The van der Waals surface area contributed by atoms with Crippen molar-refractivity contribution in [2.75, 3.05) is 37.8 Å². The Hall–Kier alpha value is -1.75. The summed E-state index contributed by atoms with van der Waals surface area (Å²) in [4.78, 5) is 14.0. The number of benzene rings is 1. The number of ether oxygens (including phenoxy) is 1. The first-order valence-corrected chi connectivity index (χ1v) is 7.50. The summed E-state index contributed by atoms with van der Waals surface area (Å²) in [6, 6.07) is 5.71. The van der Waals surface area contributed by atoms with Gasteiger partial charge in [-0.25, -0.2) is 4.79 Å². The number of hydrogen-bond donors (Lipinski definition) is 2. The third-order valence-electron chi connectivity index (χ3n) is 3.69. The van der Waals surface area contributed by atoms with Gasteiger partial charge in [-0.1, -0.05) is 6.92 Å². The second-order valence-corrected chi connectivity index (χ2v) is 5.19. The van der Waals surface area contributed by atoms with Crippen molar-refractivity contribution < 1.29 is 9.53 Å². The molecule has 0 spiro atoms. The number of carbonyl (C=O) groups excluding carboxylic acids is 1. The Morgan fingerprint density at radius 2 is 2.14 bits per heavy atom. The van der Waals surface area contributed by atoms with Gasteiger partial charge >= 0.3 is 5.97 Å². The molecule has 0 aliphatic rings. The minimum atomic E-state index is -0.322. The van der Waals surface area contributed by atoms with Gasteiger partial charge in [0.1, 0.15) is 0 Å². The van der Waals surface area contributed by atoms with E-state index in [0.717, 1.165) is 25.2 Å². The summed E-state index contributed by atoms with van der Waals surface area (Å²) in [6.45, 7) is 8.23. The van der Waals surface area contributed by atoms with E-state index in [1.807, 2.05) is 0 Å². The van der Waals surface area contributed by atoms with E-state index < -0.39 is 0 Å². The predicted octanol–water partition coefficient (Wildman–Crippen LogP) is 2.59. The maximum Gasteiger partial charge on any atom is 0.338 e. The minimum Gasteiger partial charge on any atom is -0.462 e. The third kappa shape index (κ3) is 5.27. The lowest BCUT2D eigenvalue weighted by atomic mass is 10.1. The van der Waals surface area contributed by atoms with Gasteiger partial charge in [0, 0.05) is 19.1 Å². The molecule has 21 heavy (non-hydrogen) atoms. The van der Waals surface area contributed by atoms with Crippen molar-refractivity contribution in [3.05, 3.63) is 23.8 Å². The third-order valence-corrected chi connectivity index (χ3v) is 3.69. The van der Waals surface area contributed by atoms with Crippen LogP contribution >= 0.6 is 0 Å². The number of nitrogen functional groups attached to an aromatic ring is 1. The maximum atomic E-state index is 11.7. The van der Waals surface area contributed by atoms with Crippen LogP contribution < -0.4 is 11.1 Å². The quantitative estimate of drug-likeness (QED) is 0.569. The van der Waals surface area contributed by atoms with Crippen LogP contribution in [0.15, 0.2) is 18.2 Å². The molecule has 1 unspecified atom stereocenters. The monoisotopic (exact) mass is 293 g/mol. The SMILES string of the molecule is CCOC(=O)c1ccc(N)c(NCCN(C)C(C)CC)c1. The van der Waals surface area contributed by atoms with Crippen molar-refractivity contribution in [1.82, 2.24) is 4.90 Å². The average molecular weight is 293 g/mol. The van der Waals surface area contributed by atoms with Gasteiger partial charge in [-0.3, -0.25) is 0 Å². The standard InChI is InChI=1S/C16H27N3O2/c1-5-12(3)19(4)10-9-18-15-11-13(7-8-14(15)17)16(20)21-6-2/h7-8,11-12,18H,5-6,9-10,17H2,1-4H3. The van der Waals surface area contributed by atoms with Gasteiger partial charge in [0.2, 0.25) is 0 Å². The maximum absolute atomic E-state index is 11.7. The summed E-state index contributed by atoms with van der Waals surface area (Å²) in [7, 11) is 2.11. The Morgan fingerprint density at radius 3 is 2.76 bits per heavy atom. The van der Waals surface area contributed by atoms with Crippen molar-refractivity contribution in [1.29, 1.82) is 0 Å². The molecule has 0 saturated carbocycles. The number of likely N-dealkylation sites (N-methyl/N-ethyl adjacent to an activating group) is 1. The molecule has 0 aliphatic carbocycles. The van der Waals surface area contributed by atoms with Gasteiger partial charge in [-0.15, -0.1) is 0 Å². The Kier molecular flexibility index (Phi) is 7.02. The van der Waals surface area contributed by atoms with E-state index in [4.69, 9.17) is 10.5 Å². The molecule has 0 amide bonds. The molecule has 5 nitrogen and oxygen atoms in total. The topological polar surface area (TPSA) is 67.6 Å². The lowest BCUT2D eigenvalue weighted by Gasteiger charge is -2.23. The second kappa shape index (κ2) is 8.52. The van der Waals surface area contributed by atoms with Crippen LogP contribution in [0.25, 0.3) is 0 Å². The van der Waals surface area contributed by atoms with Gasteiger partial charge in [0.25, 0.3) is 0 Å². The Morgan fingerprint density at radius 1 is 1.43 bits per heavy atom. The zero-order valence-electron chi connectivity index (χ0n) is 13.5. The van der Waals surface area contributed by atoms with E-state index in [0.29, 0.717) is 23.9 Å². The van der Waals surface area contributed by atoms with E-state index >= 15 is 0 Å². The number of hydrogen-bond acceptors (Lipinski definition) is 5. The van der Waals surface area contributed by atoms with Gasteiger partial charge in [0.15, 0.2) is 0 Å². The number of rotatable bonds is 8. The zero-order valence-corrected chi connectivity index (χ0v) is 13.5. The molecule has 0 aliphatic heterocycles. The fourth-order valence-corrected chi connectivity index (χ4v) is 1.95. The highest BCUT2D eigenvalue weighted by molar-refractivity contribution is 5.92. The summed E-state index contributed by atoms with van der Waals surface area (Å²) < 4.78 is 5.00. The van der Waals surface area contributed by atoms with E-state index in [9.17, 15) is 4.79 Å². The number of anilines is 2. The van der Waals surface area contributed by atoms with Crippen molar-refractivity contribution in [2.24, 2.45) is 0 Å². The van der Waals surface area contributed by atoms with E-state index in [1.54, 1.807) is 25.1 Å². The van der Waals surface area contributed by atoms with Crippen LogP contribution in [-0.4, -0.2) is 43.7 Å². The van der Waals surface area contributed by atoms with Crippen LogP contribution in [0.1, 0.15) is 37.6 Å². The highest BCUT2D eigenvalue weighted by Gasteiger charge is 2.10. The number of nitrogens with zero attached hydrogens (tertiary/aromatic N) is 1. The molecule has 0 saturated heterocycles. The summed E-state index contributed by atoms with van der Waals surface area (Å²) >= 11 is 0. The number of nitrogens with one attached hydrogen (secondary N) is 1. The summed E-state index contributed by atoms with van der Waals surface area (Å²) in [5.74, 6) is -0.322. The van der Waals surface area contributed by atoms with Crippen molar-refractivity contribution in [3.8, 4) is 0 Å². The van der Waals surface area contributed by atoms with Crippen molar-refractivity contribution >= 4 is 17.3 Å². The smallest absolute Gasteiger partial charge is 0.338 e. The van der Waals surface area contributed by atoms with Gasteiger partial charge < -0.3 is 20.7 Å². The molecule has 0 fully saturated rings. The molecule has 3 N–H and O–H groups in total. The first-order chi connectivity index (χ1) is 9.99. The summed E-state index contributed by atoms with van der Waals surface area (Å²) in [5.41, 5.74) is 7.87. The van der Waals surface area contributed by atoms with Gasteiger partial charge in [-0.2, -0.15) is 0 Å². The number of carbonyl (C=O) groups is 1. The fourth-order valence-electron chi connectivity index (χ4n) is 1.95. The molecule has 1 rings (SSSR count). The normalized spacial score (nSPS) is 12.2. The molecule has 0 heterocycles. The average Bonchev–Trinajstić information content (AvgIpc) is 2.48. The van der Waals surface area contributed by atoms with Gasteiger partial charge in [-0.05, 0) is 45.5 Å². The van der Waals surface area contributed by atoms with Gasteiger partial charge in [0.05, 0.1) is 23.5 Å². The molecule has 5 heteroatoms. The molecular formula is C16H27N3O2. The molecule has 1 aromatic carbocycles. The second-order valence-electron chi connectivity index (χ2n) is 5.19. The Bertz CT molecular complexity index is 463. The summed E-state index contributed by atoms with van der Waals surface area (Å²) in [5, 5.41) is 3.29. The van der Waals surface area contributed by atoms with Crippen LogP contribution in [0.3, 0.4) is 0 Å². The lowest BCUT2D eigenvalue weighted by Crippen LogP contribution is -2.32. The minimum absolute atomic E-state index is 0.322. The van der Waals surface area contributed by atoms with Crippen molar-refractivity contribution in [3.63, 3.8) is 0 Å². The molecular weight excluding hydrogens is 266 g/mol. The van der Waals surface area contributed by atoms with E-state index in [1.165, 1.54) is 0 Å². The fraction of sp³-hybridized carbons (Fsp3) is 0.562. The molecule has 0 bridgehead atoms. The zero-order chi connectivity index (χ0) is 15.8. The van der Waals surface area contributed by atoms with Crippen LogP contribution in [0.4, 0.5) is 11.4 Å². The number of esters is 1. The highest BCUT2D eigenvalue weighted by atomic mass is 16.5. The molecule has 118 valence electrons. The van der Waals surface area contributed by atoms with Crippen LogP contribution in [0, 0.1) is 0 Å². The van der Waals surface area contributed by atoms with Crippen LogP contribution in [0.2, 0.25) is 0 Å². The molecule has 0 aromatic heterocycles. The lowest BCUT2D eigenvalue weighted by molar-refractivity contribution is 0.0526. The van der Waals surface area contributed by atoms with E-state index in [-0.39, 0.29) is 5.97 Å². The first kappa shape index (κ1) is 17.3.